The number of thioether (sulfide) groups is 1. The number of amidine groups is 1. The highest BCUT2D eigenvalue weighted by Crippen LogP contribution is 2.36. The minimum atomic E-state index is -0.408. The van der Waals surface area contributed by atoms with E-state index in [0.29, 0.717) is 28.6 Å². The van der Waals surface area contributed by atoms with Gasteiger partial charge in [0.1, 0.15) is 6.61 Å². The van der Waals surface area contributed by atoms with Crippen LogP contribution in [0, 0.1) is 3.57 Å². The summed E-state index contributed by atoms with van der Waals surface area (Å²) in [7, 11) is 1.56. The fourth-order valence-electron chi connectivity index (χ4n) is 2.47. The normalized spacial score (nSPS) is 16.0. The number of nitrogens with zero attached hydrogens (tertiary/aromatic N) is 1. The first-order valence-electron chi connectivity index (χ1n) is 8.52. The van der Waals surface area contributed by atoms with Crippen molar-refractivity contribution in [3.05, 3.63) is 74.7 Å². The minimum absolute atomic E-state index is 0.253. The summed E-state index contributed by atoms with van der Waals surface area (Å²) in [4.78, 5) is 28.9. The number of hydrogen-bond donors (Lipinski definition) is 1. The maximum Gasteiger partial charge on any atom is 0.279 e. The van der Waals surface area contributed by atoms with E-state index in [-0.39, 0.29) is 11.1 Å². The maximum atomic E-state index is 12.3. The van der Waals surface area contributed by atoms with E-state index in [1.807, 2.05) is 12.1 Å². The van der Waals surface area contributed by atoms with Crippen LogP contribution in [0.15, 0.2) is 65.0 Å². The van der Waals surface area contributed by atoms with Crippen LogP contribution in [0.5, 0.6) is 11.5 Å². The van der Waals surface area contributed by atoms with Gasteiger partial charge in [0.2, 0.25) is 0 Å². The van der Waals surface area contributed by atoms with Gasteiger partial charge in [-0.05, 0) is 70.3 Å². The second kappa shape index (κ2) is 9.75. The van der Waals surface area contributed by atoms with Gasteiger partial charge >= 0.3 is 0 Å². The Morgan fingerprint density at radius 1 is 1.31 bits per heavy atom. The molecule has 6 nitrogen and oxygen atoms in total. The molecule has 1 fully saturated rings. The molecule has 0 aromatic heterocycles. The Kier molecular flexibility index (Phi) is 7.10. The highest BCUT2D eigenvalue weighted by Gasteiger charge is 2.25. The highest BCUT2D eigenvalue weighted by atomic mass is 127. The number of ether oxygens (including phenoxy) is 2. The predicted octanol–water partition coefficient (Wildman–Crippen LogP) is 4.26. The predicted molar refractivity (Wildman–Crippen MR) is 123 cm³/mol. The molecule has 0 spiro atoms. The summed E-state index contributed by atoms with van der Waals surface area (Å²) < 4.78 is 11.9. The van der Waals surface area contributed by atoms with Gasteiger partial charge in [-0.2, -0.15) is 4.99 Å². The Labute approximate surface area is 186 Å². The highest BCUT2D eigenvalue weighted by molar-refractivity contribution is 14.1. The van der Waals surface area contributed by atoms with Crippen LogP contribution in [0.1, 0.15) is 15.9 Å². The molecule has 2 aromatic carbocycles. The number of aliphatic imine (C=N–C) groups is 1. The zero-order valence-electron chi connectivity index (χ0n) is 15.5. The molecule has 29 heavy (non-hydrogen) atoms. The smallest absolute Gasteiger partial charge is 0.279 e. The average Bonchev–Trinajstić information content (AvgIpc) is 3.06. The van der Waals surface area contributed by atoms with E-state index < -0.39 is 5.91 Å². The van der Waals surface area contributed by atoms with Crippen molar-refractivity contribution >= 4 is 57.4 Å². The second-order valence-electron chi connectivity index (χ2n) is 5.79. The maximum absolute atomic E-state index is 12.3. The lowest BCUT2D eigenvalue weighted by atomic mass is 10.2. The molecule has 1 aliphatic rings. The van der Waals surface area contributed by atoms with E-state index in [1.165, 1.54) is 0 Å². The number of methoxy groups -OCH3 is 1. The van der Waals surface area contributed by atoms with Crippen molar-refractivity contribution in [3.8, 4) is 11.5 Å². The monoisotopic (exact) mass is 520 g/mol. The van der Waals surface area contributed by atoms with Gasteiger partial charge in [-0.15, -0.1) is 0 Å². The van der Waals surface area contributed by atoms with Crippen molar-refractivity contribution in [2.24, 2.45) is 4.99 Å². The lowest BCUT2D eigenvalue weighted by Gasteiger charge is -2.12. The second-order valence-corrected chi connectivity index (χ2v) is 7.98. The molecule has 1 aliphatic heterocycles. The Hall–Kier alpha value is -2.59. The van der Waals surface area contributed by atoms with Gasteiger partial charge in [0, 0.05) is 5.56 Å². The van der Waals surface area contributed by atoms with Crippen LogP contribution in [-0.4, -0.2) is 30.7 Å². The third-order valence-corrected chi connectivity index (χ3v) is 5.48. The van der Waals surface area contributed by atoms with Crippen molar-refractivity contribution in [3.63, 3.8) is 0 Å². The quantitative estimate of drug-likeness (QED) is 0.350. The van der Waals surface area contributed by atoms with E-state index in [4.69, 9.17) is 9.47 Å². The molecular weight excluding hydrogens is 503 g/mol. The minimum Gasteiger partial charge on any atom is -0.493 e. The van der Waals surface area contributed by atoms with Gasteiger partial charge in [-0.3, -0.25) is 9.59 Å². The molecule has 1 N–H and O–H groups in total. The molecule has 2 amide bonds. The van der Waals surface area contributed by atoms with E-state index >= 15 is 0 Å². The molecule has 1 heterocycles. The first-order chi connectivity index (χ1) is 14.0. The third kappa shape index (κ3) is 5.27. The molecule has 8 heteroatoms. The van der Waals surface area contributed by atoms with Crippen LogP contribution in [0.25, 0.3) is 6.08 Å². The van der Waals surface area contributed by atoms with Crippen molar-refractivity contribution in [2.75, 3.05) is 13.7 Å². The molecule has 0 unspecified atom stereocenters. The van der Waals surface area contributed by atoms with Crippen molar-refractivity contribution < 1.29 is 19.1 Å². The van der Waals surface area contributed by atoms with Crippen LogP contribution < -0.4 is 14.8 Å². The number of benzene rings is 2. The SMILES string of the molecule is C=CCOc1c(I)cc(/C=C2\SC(=NC(=O)c3ccccc3)NC2=O)cc1OC. The molecule has 1 saturated heterocycles. The van der Waals surface area contributed by atoms with Gasteiger partial charge in [0.25, 0.3) is 11.8 Å². The first-order valence-corrected chi connectivity index (χ1v) is 10.4. The molecule has 0 aliphatic carbocycles. The van der Waals surface area contributed by atoms with E-state index in [0.717, 1.165) is 20.9 Å². The molecule has 148 valence electrons. The van der Waals surface area contributed by atoms with Crippen LogP contribution in [-0.2, 0) is 4.79 Å². The molecule has 3 rings (SSSR count). The number of rotatable bonds is 6. The number of carbonyl (C=O) groups is 2. The molecule has 2 aromatic rings. The summed E-state index contributed by atoms with van der Waals surface area (Å²) in [6.45, 7) is 4.00. The van der Waals surface area contributed by atoms with Gasteiger partial charge in [-0.25, -0.2) is 0 Å². The lowest BCUT2D eigenvalue weighted by molar-refractivity contribution is -0.115. The van der Waals surface area contributed by atoms with Crippen LogP contribution in [0.2, 0.25) is 0 Å². The van der Waals surface area contributed by atoms with Gasteiger partial charge in [-0.1, -0.05) is 30.9 Å². The summed E-state index contributed by atoms with van der Waals surface area (Å²) in [5, 5.41) is 2.88. The van der Waals surface area contributed by atoms with Crippen molar-refractivity contribution in [1.29, 1.82) is 0 Å². The van der Waals surface area contributed by atoms with Crippen molar-refractivity contribution in [1.82, 2.24) is 5.32 Å². The number of nitrogens with one attached hydrogen (secondary N) is 1. The Balaban J connectivity index is 1.83. The standard InChI is InChI=1S/C21H17IN2O4S/c1-3-9-28-18-15(22)10-13(11-16(18)27-2)12-17-20(26)24-21(29-17)23-19(25)14-7-5-4-6-8-14/h3-8,10-12H,1,9H2,2H3,(H,23,24,25,26)/b17-12-. The summed E-state index contributed by atoms with van der Waals surface area (Å²) in [5.74, 6) is 0.460. The molecule has 0 saturated carbocycles. The number of amides is 2. The third-order valence-electron chi connectivity index (χ3n) is 3.77. The van der Waals surface area contributed by atoms with E-state index in [1.54, 1.807) is 49.6 Å². The fraction of sp³-hybridized carbons (Fsp3) is 0.0952. The van der Waals surface area contributed by atoms with Crippen LogP contribution in [0.3, 0.4) is 0 Å². The lowest BCUT2D eigenvalue weighted by Crippen LogP contribution is -2.20. The van der Waals surface area contributed by atoms with E-state index in [9.17, 15) is 9.59 Å². The average molecular weight is 520 g/mol. The van der Waals surface area contributed by atoms with Gasteiger partial charge in [0.15, 0.2) is 16.7 Å². The number of halogens is 1. The zero-order chi connectivity index (χ0) is 20.8. The van der Waals surface area contributed by atoms with Crippen molar-refractivity contribution in [2.45, 2.75) is 0 Å². The van der Waals surface area contributed by atoms with Gasteiger partial charge < -0.3 is 14.8 Å². The summed E-state index contributed by atoms with van der Waals surface area (Å²) >= 11 is 3.26. The molecular formula is C21H17IN2O4S. The largest absolute Gasteiger partial charge is 0.493 e. The Bertz CT molecular complexity index is 1020. The summed E-state index contributed by atoms with van der Waals surface area (Å²) in [6, 6.07) is 12.4. The Morgan fingerprint density at radius 3 is 2.76 bits per heavy atom. The Morgan fingerprint density at radius 2 is 2.07 bits per heavy atom. The number of carbonyl (C=O) groups excluding carboxylic acids is 2. The summed E-state index contributed by atoms with van der Waals surface area (Å²) in [6.07, 6.45) is 3.37. The van der Waals surface area contributed by atoms with E-state index in [2.05, 4.69) is 39.5 Å². The summed E-state index contributed by atoms with van der Waals surface area (Å²) in [5.41, 5.74) is 1.23. The van der Waals surface area contributed by atoms with Gasteiger partial charge in [0.05, 0.1) is 15.6 Å². The topological polar surface area (TPSA) is 77.0 Å². The molecule has 0 bridgehead atoms. The number of hydrogen-bond acceptors (Lipinski definition) is 5. The molecule has 0 radical (unpaired) electrons. The van der Waals surface area contributed by atoms with Crippen LogP contribution in [0.4, 0.5) is 0 Å². The zero-order valence-corrected chi connectivity index (χ0v) is 18.5. The van der Waals surface area contributed by atoms with Crippen LogP contribution >= 0.6 is 34.4 Å². The molecule has 0 atom stereocenters. The fourth-order valence-corrected chi connectivity index (χ4v) is 4.08. The first kappa shape index (κ1) is 21.1.